The molecule has 1 N–H and O–H groups in total. The smallest absolute Gasteiger partial charge is 0.322 e. The first-order chi connectivity index (χ1) is 12.6. The van der Waals surface area contributed by atoms with Gasteiger partial charge in [0.15, 0.2) is 5.92 Å². The molecule has 0 unspecified atom stereocenters. The van der Waals surface area contributed by atoms with E-state index in [4.69, 9.17) is 9.47 Å². The van der Waals surface area contributed by atoms with Gasteiger partial charge in [0.25, 0.3) is 0 Å². The molecule has 1 atom stereocenters. The van der Waals surface area contributed by atoms with E-state index in [2.05, 4.69) is 5.32 Å². The van der Waals surface area contributed by atoms with Crippen molar-refractivity contribution in [2.45, 2.75) is 26.8 Å². The zero-order valence-electron chi connectivity index (χ0n) is 15.4. The quantitative estimate of drug-likeness (QED) is 0.575. The Morgan fingerprint density at radius 2 is 1.54 bits per heavy atom. The largest absolute Gasteiger partial charge is 0.465 e. The number of nitrogens with one attached hydrogen (secondary N) is 1. The lowest BCUT2D eigenvalue weighted by atomic mass is 9.92. The minimum absolute atomic E-state index is 0.195. The lowest BCUT2D eigenvalue weighted by molar-refractivity contribution is -0.162. The Balaban J connectivity index is 2.44. The zero-order chi connectivity index (χ0) is 18.9. The normalized spacial score (nSPS) is 11.7. The predicted molar refractivity (Wildman–Crippen MR) is 101 cm³/mol. The minimum Gasteiger partial charge on any atom is -0.465 e. The highest BCUT2D eigenvalue weighted by molar-refractivity contribution is 5.96. The van der Waals surface area contributed by atoms with E-state index in [1.165, 1.54) is 0 Å². The van der Waals surface area contributed by atoms with Crippen molar-refractivity contribution in [2.75, 3.05) is 18.5 Å². The van der Waals surface area contributed by atoms with E-state index >= 15 is 0 Å². The van der Waals surface area contributed by atoms with Crippen LogP contribution in [0.5, 0.6) is 0 Å². The molecule has 2 aromatic carbocycles. The van der Waals surface area contributed by atoms with Crippen molar-refractivity contribution in [3.8, 4) is 0 Å². The maximum absolute atomic E-state index is 12.6. The number of esters is 2. The van der Waals surface area contributed by atoms with Gasteiger partial charge in [0.1, 0.15) is 0 Å². The molecule has 0 spiro atoms. The number of ether oxygens (including phenoxy) is 2. The summed E-state index contributed by atoms with van der Waals surface area (Å²) in [4.78, 5) is 25.1. The Morgan fingerprint density at radius 1 is 0.923 bits per heavy atom. The summed E-state index contributed by atoms with van der Waals surface area (Å²) in [5.74, 6) is -2.29. The molecule has 0 saturated carbocycles. The van der Waals surface area contributed by atoms with Crippen LogP contribution in [0.1, 0.15) is 31.0 Å². The van der Waals surface area contributed by atoms with Gasteiger partial charge in [-0.05, 0) is 44.0 Å². The highest BCUT2D eigenvalue weighted by Crippen LogP contribution is 2.29. The summed E-state index contributed by atoms with van der Waals surface area (Å²) < 4.78 is 10.3. The number of benzene rings is 2. The van der Waals surface area contributed by atoms with Crippen LogP contribution in [0.15, 0.2) is 54.6 Å². The average Bonchev–Trinajstić information content (AvgIpc) is 2.62. The van der Waals surface area contributed by atoms with Crippen LogP contribution in [0, 0.1) is 12.8 Å². The van der Waals surface area contributed by atoms with Gasteiger partial charge in [-0.2, -0.15) is 0 Å². The van der Waals surface area contributed by atoms with Crippen molar-refractivity contribution in [2.24, 2.45) is 5.92 Å². The second-order valence-corrected chi connectivity index (χ2v) is 5.88. The van der Waals surface area contributed by atoms with Gasteiger partial charge in [-0.1, -0.05) is 42.5 Å². The van der Waals surface area contributed by atoms with Gasteiger partial charge in [-0.15, -0.1) is 0 Å². The van der Waals surface area contributed by atoms with E-state index in [9.17, 15) is 9.59 Å². The molecule has 5 heteroatoms. The third kappa shape index (κ3) is 5.09. The maximum Gasteiger partial charge on any atom is 0.322 e. The van der Waals surface area contributed by atoms with E-state index in [0.29, 0.717) is 0 Å². The Hall–Kier alpha value is -2.82. The molecule has 0 aliphatic rings. The Kier molecular flexibility index (Phi) is 7.21. The third-order valence-corrected chi connectivity index (χ3v) is 3.91. The van der Waals surface area contributed by atoms with Crippen LogP contribution < -0.4 is 5.32 Å². The van der Waals surface area contributed by atoms with Gasteiger partial charge in [-0.3, -0.25) is 9.59 Å². The first-order valence-electron chi connectivity index (χ1n) is 8.78. The summed E-state index contributed by atoms with van der Waals surface area (Å²) in [6.07, 6.45) is 0. The number of carbonyl (C=O) groups excluding carboxylic acids is 2. The molecule has 0 aliphatic carbocycles. The first kappa shape index (κ1) is 19.5. The van der Waals surface area contributed by atoms with E-state index in [0.717, 1.165) is 16.8 Å². The standard InChI is InChI=1S/C21H25NO4/c1-4-25-20(23)18(21(24)26-5-2)19(16-11-7-6-8-12-16)22-17-13-9-10-15(3)14-17/h6-14,18-19,22H,4-5H2,1-3H3/t19-/m0/s1. The highest BCUT2D eigenvalue weighted by Gasteiger charge is 2.38. The van der Waals surface area contributed by atoms with Crippen LogP contribution in [0.2, 0.25) is 0 Å². The molecular weight excluding hydrogens is 330 g/mol. The lowest BCUT2D eigenvalue weighted by Gasteiger charge is -2.26. The fourth-order valence-corrected chi connectivity index (χ4v) is 2.77. The fraction of sp³-hybridized carbons (Fsp3) is 0.333. The van der Waals surface area contributed by atoms with E-state index in [1.807, 2.05) is 61.5 Å². The molecule has 0 aromatic heterocycles. The SMILES string of the molecule is CCOC(=O)C(C(=O)OCC)[C@@H](Nc1cccc(C)c1)c1ccccc1. The molecule has 26 heavy (non-hydrogen) atoms. The number of anilines is 1. The molecule has 0 aliphatic heterocycles. The number of carbonyl (C=O) groups is 2. The van der Waals surface area contributed by atoms with Gasteiger partial charge < -0.3 is 14.8 Å². The Labute approximate surface area is 154 Å². The number of hydrogen-bond acceptors (Lipinski definition) is 5. The van der Waals surface area contributed by atoms with Gasteiger partial charge >= 0.3 is 11.9 Å². The summed E-state index contributed by atoms with van der Waals surface area (Å²) in [6.45, 7) is 5.80. The van der Waals surface area contributed by atoms with Gasteiger partial charge in [0.2, 0.25) is 0 Å². The van der Waals surface area contributed by atoms with Crippen molar-refractivity contribution < 1.29 is 19.1 Å². The second kappa shape index (κ2) is 9.61. The van der Waals surface area contributed by atoms with Gasteiger partial charge in [-0.25, -0.2) is 0 Å². The van der Waals surface area contributed by atoms with Gasteiger partial charge in [0, 0.05) is 5.69 Å². The second-order valence-electron chi connectivity index (χ2n) is 5.88. The molecule has 0 radical (unpaired) electrons. The summed E-state index contributed by atoms with van der Waals surface area (Å²) in [6, 6.07) is 16.5. The maximum atomic E-state index is 12.6. The average molecular weight is 355 g/mol. The van der Waals surface area contributed by atoms with Crippen LogP contribution in [0.25, 0.3) is 0 Å². The van der Waals surface area contributed by atoms with Crippen molar-refractivity contribution in [1.82, 2.24) is 0 Å². The topological polar surface area (TPSA) is 64.6 Å². The molecule has 138 valence electrons. The minimum atomic E-state index is -1.10. The molecule has 0 bridgehead atoms. The Morgan fingerprint density at radius 3 is 2.08 bits per heavy atom. The van der Waals surface area contributed by atoms with Crippen LogP contribution in [0.3, 0.4) is 0 Å². The van der Waals surface area contributed by atoms with Crippen LogP contribution >= 0.6 is 0 Å². The van der Waals surface area contributed by atoms with Crippen molar-refractivity contribution in [3.63, 3.8) is 0 Å². The molecule has 0 saturated heterocycles. The first-order valence-corrected chi connectivity index (χ1v) is 8.78. The predicted octanol–water partition coefficient (Wildman–Crippen LogP) is 3.89. The van der Waals surface area contributed by atoms with E-state index in [1.54, 1.807) is 13.8 Å². The fourth-order valence-electron chi connectivity index (χ4n) is 2.77. The van der Waals surface area contributed by atoms with Crippen LogP contribution in [-0.4, -0.2) is 25.2 Å². The molecule has 5 nitrogen and oxygen atoms in total. The highest BCUT2D eigenvalue weighted by atomic mass is 16.6. The number of rotatable bonds is 8. The molecular formula is C21H25NO4. The third-order valence-electron chi connectivity index (χ3n) is 3.91. The zero-order valence-corrected chi connectivity index (χ0v) is 15.4. The Bertz CT molecular complexity index is 712. The lowest BCUT2D eigenvalue weighted by Crippen LogP contribution is -2.36. The monoisotopic (exact) mass is 355 g/mol. The number of aryl methyl sites for hydroxylation is 1. The van der Waals surface area contributed by atoms with Gasteiger partial charge in [0.05, 0.1) is 19.3 Å². The molecule has 0 heterocycles. The molecule has 0 fully saturated rings. The van der Waals surface area contributed by atoms with Crippen LogP contribution in [0.4, 0.5) is 5.69 Å². The van der Waals surface area contributed by atoms with E-state index in [-0.39, 0.29) is 13.2 Å². The summed E-state index contributed by atoms with van der Waals surface area (Å²) in [7, 11) is 0. The number of hydrogen-bond donors (Lipinski definition) is 1. The van der Waals surface area contributed by atoms with Crippen molar-refractivity contribution in [1.29, 1.82) is 0 Å². The summed E-state index contributed by atoms with van der Waals surface area (Å²) in [5.41, 5.74) is 2.70. The van der Waals surface area contributed by atoms with Crippen molar-refractivity contribution in [3.05, 3.63) is 65.7 Å². The molecule has 0 amide bonds. The van der Waals surface area contributed by atoms with Crippen LogP contribution in [-0.2, 0) is 19.1 Å². The molecule has 2 aromatic rings. The summed E-state index contributed by atoms with van der Waals surface area (Å²) >= 11 is 0. The summed E-state index contributed by atoms with van der Waals surface area (Å²) in [5, 5.41) is 3.31. The van der Waals surface area contributed by atoms with Crippen molar-refractivity contribution >= 4 is 17.6 Å². The molecule has 2 rings (SSSR count). The van der Waals surface area contributed by atoms with E-state index < -0.39 is 23.9 Å².